The number of nitrogens with zero attached hydrogens (tertiary/aromatic N) is 2. The first-order valence-electron chi connectivity index (χ1n) is 5.33. The summed E-state index contributed by atoms with van der Waals surface area (Å²) < 4.78 is 5.23. The average Bonchev–Trinajstić information content (AvgIpc) is 2.78. The molecule has 0 aliphatic rings. The van der Waals surface area contributed by atoms with Gasteiger partial charge >= 0.3 is 0 Å². The van der Waals surface area contributed by atoms with Crippen LogP contribution in [0.2, 0.25) is 0 Å². The minimum atomic E-state index is 0.193. The summed E-state index contributed by atoms with van der Waals surface area (Å²) in [4.78, 5) is 11.7. The lowest BCUT2D eigenvalue weighted by Crippen LogP contribution is -1.84. The third-order valence-corrected chi connectivity index (χ3v) is 2.69. The van der Waals surface area contributed by atoms with Crippen molar-refractivity contribution in [1.29, 1.82) is 0 Å². The zero-order valence-electron chi connectivity index (χ0n) is 9.61. The van der Waals surface area contributed by atoms with Gasteiger partial charge in [-0.2, -0.15) is 4.98 Å². The highest BCUT2D eigenvalue weighted by atomic mass is 16.4. The van der Waals surface area contributed by atoms with Gasteiger partial charge in [0.15, 0.2) is 0 Å². The number of rotatable bonds is 1. The molecule has 0 aliphatic heterocycles. The number of hydrogen-bond acceptors (Lipinski definition) is 4. The van der Waals surface area contributed by atoms with E-state index in [1.165, 1.54) is 0 Å². The van der Waals surface area contributed by atoms with Crippen LogP contribution in [-0.4, -0.2) is 15.0 Å². The molecule has 0 atom stereocenters. The number of benzene rings is 1. The lowest BCUT2D eigenvalue weighted by molar-refractivity contribution is 0.549. The van der Waals surface area contributed by atoms with E-state index in [0.717, 1.165) is 33.9 Å². The SMILES string of the molecule is Cc1nc2ccc(-c3nc(N)oc3C)cc2[nH]1. The quantitative estimate of drug-likeness (QED) is 0.670. The fraction of sp³-hybridized carbons (Fsp3) is 0.167. The molecule has 0 aliphatic carbocycles. The van der Waals surface area contributed by atoms with Crippen LogP contribution >= 0.6 is 0 Å². The number of aryl methyl sites for hydroxylation is 2. The van der Waals surface area contributed by atoms with Crippen LogP contribution in [0.5, 0.6) is 0 Å². The molecule has 17 heavy (non-hydrogen) atoms. The molecule has 1 aromatic carbocycles. The molecule has 2 aromatic heterocycles. The van der Waals surface area contributed by atoms with Crippen LogP contribution < -0.4 is 5.73 Å². The molecule has 0 spiro atoms. The Kier molecular flexibility index (Phi) is 1.95. The summed E-state index contributed by atoms with van der Waals surface area (Å²) in [5.74, 6) is 1.62. The van der Waals surface area contributed by atoms with Crippen molar-refractivity contribution in [2.45, 2.75) is 13.8 Å². The highest BCUT2D eigenvalue weighted by Gasteiger charge is 2.10. The van der Waals surface area contributed by atoms with E-state index >= 15 is 0 Å². The van der Waals surface area contributed by atoms with E-state index in [9.17, 15) is 0 Å². The standard InChI is InChI=1S/C12H12N4O/c1-6-11(16-12(13)17-6)8-3-4-9-10(5-8)15-7(2)14-9/h3-5H,1-2H3,(H2,13,16)(H,14,15). The Morgan fingerprint density at radius 2 is 2.06 bits per heavy atom. The molecule has 3 aromatic rings. The number of imidazole rings is 1. The number of nitrogens with one attached hydrogen (secondary N) is 1. The molecule has 0 radical (unpaired) electrons. The van der Waals surface area contributed by atoms with E-state index < -0.39 is 0 Å². The second kappa shape index (κ2) is 3.35. The van der Waals surface area contributed by atoms with Gasteiger partial charge in [0, 0.05) is 5.56 Å². The maximum atomic E-state index is 5.54. The Hall–Kier alpha value is -2.30. The summed E-state index contributed by atoms with van der Waals surface area (Å²) in [6.45, 7) is 3.78. The number of fused-ring (bicyclic) bond motifs is 1. The zero-order chi connectivity index (χ0) is 12.0. The van der Waals surface area contributed by atoms with Crippen LogP contribution in [0.25, 0.3) is 22.3 Å². The lowest BCUT2D eigenvalue weighted by Gasteiger charge is -1.97. The van der Waals surface area contributed by atoms with Crippen LogP contribution in [-0.2, 0) is 0 Å². The maximum absolute atomic E-state index is 5.54. The number of nitrogens with two attached hydrogens (primary N) is 1. The topological polar surface area (TPSA) is 80.7 Å². The molecular weight excluding hydrogens is 216 g/mol. The van der Waals surface area contributed by atoms with Crippen LogP contribution in [0, 0.1) is 13.8 Å². The van der Waals surface area contributed by atoms with Crippen molar-refractivity contribution in [1.82, 2.24) is 15.0 Å². The average molecular weight is 228 g/mol. The number of anilines is 1. The van der Waals surface area contributed by atoms with Crippen molar-refractivity contribution in [3.8, 4) is 11.3 Å². The molecule has 0 fully saturated rings. The molecule has 0 saturated heterocycles. The van der Waals surface area contributed by atoms with E-state index in [-0.39, 0.29) is 6.01 Å². The minimum Gasteiger partial charge on any atom is -0.429 e. The first-order valence-corrected chi connectivity index (χ1v) is 5.33. The van der Waals surface area contributed by atoms with Crippen molar-refractivity contribution < 1.29 is 4.42 Å². The smallest absolute Gasteiger partial charge is 0.292 e. The van der Waals surface area contributed by atoms with Gasteiger partial charge in [0.1, 0.15) is 17.3 Å². The van der Waals surface area contributed by atoms with Gasteiger partial charge in [-0.3, -0.25) is 0 Å². The predicted molar refractivity (Wildman–Crippen MR) is 65.5 cm³/mol. The van der Waals surface area contributed by atoms with Gasteiger partial charge in [-0.25, -0.2) is 4.98 Å². The van der Waals surface area contributed by atoms with Crippen molar-refractivity contribution in [3.63, 3.8) is 0 Å². The van der Waals surface area contributed by atoms with Gasteiger partial charge < -0.3 is 15.1 Å². The van der Waals surface area contributed by atoms with Crippen molar-refractivity contribution >= 4 is 17.0 Å². The van der Waals surface area contributed by atoms with E-state index in [0.29, 0.717) is 0 Å². The number of aromatic nitrogens is 3. The normalized spacial score (nSPS) is 11.2. The van der Waals surface area contributed by atoms with Crippen molar-refractivity contribution in [3.05, 3.63) is 29.8 Å². The lowest BCUT2D eigenvalue weighted by atomic mass is 10.1. The first kappa shape index (κ1) is 9.89. The Bertz CT molecular complexity index is 696. The largest absolute Gasteiger partial charge is 0.429 e. The van der Waals surface area contributed by atoms with E-state index in [1.807, 2.05) is 32.0 Å². The molecule has 0 bridgehead atoms. The minimum absolute atomic E-state index is 0.193. The molecule has 3 N–H and O–H groups in total. The third-order valence-electron chi connectivity index (χ3n) is 2.69. The Balaban J connectivity index is 2.20. The summed E-state index contributed by atoms with van der Waals surface area (Å²) in [5, 5.41) is 0. The van der Waals surface area contributed by atoms with E-state index in [4.69, 9.17) is 10.2 Å². The molecule has 0 saturated carbocycles. The Labute approximate surface area is 97.7 Å². The molecule has 5 nitrogen and oxygen atoms in total. The van der Waals surface area contributed by atoms with Gasteiger partial charge in [-0.15, -0.1) is 0 Å². The van der Waals surface area contributed by atoms with Crippen LogP contribution in [0.3, 0.4) is 0 Å². The molecule has 2 heterocycles. The molecule has 3 rings (SSSR count). The number of oxazole rings is 1. The Morgan fingerprint density at radius 3 is 2.76 bits per heavy atom. The highest BCUT2D eigenvalue weighted by Crippen LogP contribution is 2.26. The van der Waals surface area contributed by atoms with Gasteiger partial charge in [0.05, 0.1) is 11.0 Å². The summed E-state index contributed by atoms with van der Waals surface area (Å²) in [6.07, 6.45) is 0. The second-order valence-electron chi connectivity index (χ2n) is 4.01. The summed E-state index contributed by atoms with van der Waals surface area (Å²) in [6, 6.07) is 6.11. The fourth-order valence-electron chi connectivity index (χ4n) is 1.97. The summed E-state index contributed by atoms with van der Waals surface area (Å²) in [5.41, 5.74) is 9.21. The highest BCUT2D eigenvalue weighted by molar-refractivity contribution is 5.81. The number of aromatic amines is 1. The molecule has 5 heteroatoms. The van der Waals surface area contributed by atoms with Gasteiger partial charge in [0.25, 0.3) is 6.01 Å². The van der Waals surface area contributed by atoms with E-state index in [2.05, 4.69) is 15.0 Å². The fourth-order valence-corrected chi connectivity index (χ4v) is 1.97. The third kappa shape index (κ3) is 1.56. The molecular formula is C12H12N4O. The zero-order valence-corrected chi connectivity index (χ0v) is 9.61. The first-order chi connectivity index (χ1) is 8.13. The molecule has 86 valence electrons. The van der Waals surface area contributed by atoms with Gasteiger partial charge in [-0.05, 0) is 26.0 Å². The predicted octanol–water partition coefficient (Wildman–Crippen LogP) is 2.42. The number of hydrogen-bond donors (Lipinski definition) is 2. The van der Waals surface area contributed by atoms with Crippen molar-refractivity contribution in [2.75, 3.05) is 5.73 Å². The van der Waals surface area contributed by atoms with Gasteiger partial charge in [0.2, 0.25) is 0 Å². The molecule has 0 amide bonds. The summed E-state index contributed by atoms with van der Waals surface area (Å²) in [7, 11) is 0. The van der Waals surface area contributed by atoms with Gasteiger partial charge in [-0.1, -0.05) is 6.07 Å². The summed E-state index contributed by atoms with van der Waals surface area (Å²) >= 11 is 0. The number of H-pyrrole nitrogens is 1. The Morgan fingerprint density at radius 1 is 1.24 bits per heavy atom. The van der Waals surface area contributed by atoms with Crippen LogP contribution in [0.15, 0.2) is 22.6 Å². The maximum Gasteiger partial charge on any atom is 0.292 e. The second-order valence-corrected chi connectivity index (χ2v) is 4.01. The van der Waals surface area contributed by atoms with Crippen molar-refractivity contribution in [2.24, 2.45) is 0 Å². The molecule has 0 unspecified atom stereocenters. The monoisotopic (exact) mass is 228 g/mol. The van der Waals surface area contributed by atoms with Crippen LogP contribution in [0.1, 0.15) is 11.6 Å². The van der Waals surface area contributed by atoms with Crippen LogP contribution in [0.4, 0.5) is 6.01 Å². The van der Waals surface area contributed by atoms with E-state index in [1.54, 1.807) is 0 Å². The number of nitrogen functional groups attached to an aromatic ring is 1.